The molecule has 94 valence electrons. The molecule has 0 aliphatic rings. The van der Waals surface area contributed by atoms with Crippen LogP contribution in [0, 0.1) is 0 Å². The SMILES string of the molecule is O=C(CCBr)Nc1cc(Cl)ccc1-n1cncn1. The lowest BCUT2D eigenvalue weighted by Crippen LogP contribution is -2.13. The van der Waals surface area contributed by atoms with Gasteiger partial charge in [0.25, 0.3) is 0 Å². The highest BCUT2D eigenvalue weighted by molar-refractivity contribution is 9.09. The lowest BCUT2D eigenvalue weighted by molar-refractivity contribution is -0.115. The molecular weight excluding hydrogens is 320 g/mol. The fourth-order valence-corrected chi connectivity index (χ4v) is 1.97. The number of carbonyl (C=O) groups is 1. The highest BCUT2D eigenvalue weighted by Gasteiger charge is 2.09. The van der Waals surface area contributed by atoms with E-state index in [1.807, 2.05) is 0 Å². The fraction of sp³-hybridized carbons (Fsp3) is 0.182. The summed E-state index contributed by atoms with van der Waals surface area (Å²) in [7, 11) is 0. The van der Waals surface area contributed by atoms with Crippen LogP contribution in [0.4, 0.5) is 5.69 Å². The van der Waals surface area contributed by atoms with Crippen molar-refractivity contribution in [1.29, 1.82) is 0 Å². The lowest BCUT2D eigenvalue weighted by Gasteiger charge is -2.10. The summed E-state index contributed by atoms with van der Waals surface area (Å²) in [5, 5.41) is 7.99. The number of carbonyl (C=O) groups excluding carboxylic acids is 1. The van der Waals surface area contributed by atoms with Crippen molar-refractivity contribution >= 4 is 39.1 Å². The Hall–Kier alpha value is -1.40. The zero-order valence-corrected chi connectivity index (χ0v) is 11.6. The molecule has 0 unspecified atom stereocenters. The molecule has 0 aliphatic heterocycles. The topological polar surface area (TPSA) is 59.8 Å². The summed E-state index contributed by atoms with van der Waals surface area (Å²) in [6.07, 6.45) is 3.38. The highest BCUT2D eigenvalue weighted by Crippen LogP contribution is 2.24. The Bertz CT molecular complexity index is 544. The van der Waals surface area contributed by atoms with Gasteiger partial charge < -0.3 is 5.32 Å². The van der Waals surface area contributed by atoms with E-state index in [0.717, 1.165) is 5.69 Å². The predicted octanol–water partition coefficient (Wildman–Crippen LogP) is 2.64. The second-order valence-electron chi connectivity index (χ2n) is 3.49. The molecule has 1 amide bonds. The number of alkyl halides is 1. The second-order valence-corrected chi connectivity index (χ2v) is 4.72. The molecule has 5 nitrogen and oxygen atoms in total. The molecule has 1 N–H and O–H groups in total. The molecule has 18 heavy (non-hydrogen) atoms. The zero-order chi connectivity index (χ0) is 13.0. The number of nitrogens with one attached hydrogen (secondary N) is 1. The van der Waals surface area contributed by atoms with Crippen LogP contribution in [0.5, 0.6) is 0 Å². The first kappa shape index (κ1) is 13.0. The normalized spacial score (nSPS) is 10.3. The van der Waals surface area contributed by atoms with Crippen molar-refractivity contribution in [2.45, 2.75) is 6.42 Å². The van der Waals surface area contributed by atoms with Crippen molar-refractivity contribution in [3.63, 3.8) is 0 Å². The van der Waals surface area contributed by atoms with Crippen molar-refractivity contribution < 1.29 is 4.79 Å². The van der Waals surface area contributed by atoms with Crippen LogP contribution in [0.1, 0.15) is 6.42 Å². The molecule has 2 rings (SSSR count). The van der Waals surface area contributed by atoms with E-state index in [1.54, 1.807) is 29.2 Å². The summed E-state index contributed by atoms with van der Waals surface area (Å²) in [6.45, 7) is 0. The quantitative estimate of drug-likeness (QED) is 0.877. The second kappa shape index (κ2) is 5.97. The standard InChI is InChI=1S/C11H10BrClN4O/c12-4-3-11(18)16-9-5-8(13)1-2-10(9)17-7-14-6-15-17/h1-2,5-7H,3-4H2,(H,16,18). The van der Waals surface area contributed by atoms with Gasteiger partial charge in [-0.25, -0.2) is 9.67 Å². The van der Waals surface area contributed by atoms with Gasteiger partial charge in [-0.15, -0.1) is 0 Å². The summed E-state index contributed by atoms with van der Waals surface area (Å²) in [6, 6.07) is 5.20. The van der Waals surface area contributed by atoms with Gasteiger partial charge in [0.05, 0.1) is 11.4 Å². The summed E-state index contributed by atoms with van der Waals surface area (Å²) in [5.41, 5.74) is 1.33. The van der Waals surface area contributed by atoms with E-state index in [-0.39, 0.29) is 5.91 Å². The number of hydrogen-bond donors (Lipinski definition) is 1. The Labute approximate surface area is 117 Å². The third kappa shape index (κ3) is 3.08. The van der Waals surface area contributed by atoms with Crippen LogP contribution < -0.4 is 5.32 Å². The number of benzene rings is 1. The van der Waals surface area contributed by atoms with Gasteiger partial charge in [0.15, 0.2) is 0 Å². The van der Waals surface area contributed by atoms with Crippen molar-refractivity contribution in [2.24, 2.45) is 0 Å². The molecule has 1 heterocycles. The number of amides is 1. The minimum atomic E-state index is -0.0875. The molecule has 1 aromatic heterocycles. The maximum absolute atomic E-state index is 11.6. The molecule has 0 saturated carbocycles. The lowest BCUT2D eigenvalue weighted by atomic mass is 10.2. The van der Waals surface area contributed by atoms with Crippen LogP contribution in [0.15, 0.2) is 30.9 Å². The van der Waals surface area contributed by atoms with Gasteiger partial charge in [-0.1, -0.05) is 27.5 Å². The first-order chi connectivity index (χ1) is 8.70. The van der Waals surface area contributed by atoms with Crippen molar-refractivity contribution in [3.05, 3.63) is 35.9 Å². The third-order valence-electron chi connectivity index (χ3n) is 2.22. The molecule has 7 heteroatoms. The van der Waals surface area contributed by atoms with Crippen LogP contribution in [-0.2, 0) is 4.79 Å². The maximum Gasteiger partial charge on any atom is 0.225 e. The van der Waals surface area contributed by atoms with Gasteiger partial charge in [0, 0.05) is 16.8 Å². The van der Waals surface area contributed by atoms with Crippen molar-refractivity contribution in [2.75, 3.05) is 10.6 Å². The molecule has 1 aromatic carbocycles. The first-order valence-corrected chi connectivity index (χ1v) is 6.71. The Kier molecular flexibility index (Phi) is 4.33. The molecule has 0 bridgehead atoms. The minimum absolute atomic E-state index is 0.0875. The van der Waals surface area contributed by atoms with Crippen LogP contribution >= 0.6 is 27.5 Å². The Balaban J connectivity index is 2.32. The summed E-state index contributed by atoms with van der Waals surface area (Å²) in [4.78, 5) is 15.5. The van der Waals surface area contributed by atoms with E-state index < -0.39 is 0 Å². The summed E-state index contributed by atoms with van der Waals surface area (Å²) < 4.78 is 1.57. The number of nitrogens with zero attached hydrogens (tertiary/aromatic N) is 3. The minimum Gasteiger partial charge on any atom is -0.324 e. The molecule has 0 saturated heterocycles. The largest absolute Gasteiger partial charge is 0.324 e. The number of halogens is 2. The van der Waals surface area contributed by atoms with Crippen molar-refractivity contribution in [1.82, 2.24) is 14.8 Å². The van der Waals surface area contributed by atoms with Gasteiger partial charge in [0.1, 0.15) is 12.7 Å². The number of hydrogen-bond acceptors (Lipinski definition) is 3. The van der Waals surface area contributed by atoms with Crippen LogP contribution in [0.25, 0.3) is 5.69 Å². The van der Waals surface area contributed by atoms with E-state index in [4.69, 9.17) is 11.6 Å². The predicted molar refractivity (Wildman–Crippen MR) is 73.4 cm³/mol. The maximum atomic E-state index is 11.6. The number of aromatic nitrogens is 3. The summed E-state index contributed by atoms with van der Waals surface area (Å²) >= 11 is 9.15. The van der Waals surface area contributed by atoms with Gasteiger partial charge in [-0.05, 0) is 18.2 Å². The molecule has 0 spiro atoms. The highest BCUT2D eigenvalue weighted by atomic mass is 79.9. The van der Waals surface area contributed by atoms with E-state index >= 15 is 0 Å². The Morgan fingerprint density at radius 2 is 2.33 bits per heavy atom. The molecule has 0 fully saturated rings. The number of rotatable bonds is 4. The van der Waals surface area contributed by atoms with Crippen LogP contribution in [0.3, 0.4) is 0 Å². The average Bonchev–Trinajstić information content (AvgIpc) is 2.83. The molecule has 0 radical (unpaired) electrons. The zero-order valence-electron chi connectivity index (χ0n) is 9.31. The molecule has 0 aliphatic carbocycles. The van der Waals surface area contributed by atoms with Crippen LogP contribution in [-0.4, -0.2) is 26.0 Å². The van der Waals surface area contributed by atoms with E-state index in [2.05, 4.69) is 31.3 Å². The van der Waals surface area contributed by atoms with Gasteiger partial charge in [-0.3, -0.25) is 4.79 Å². The Morgan fingerprint density at radius 1 is 1.50 bits per heavy atom. The first-order valence-electron chi connectivity index (χ1n) is 5.21. The molecular formula is C11H10BrClN4O. The van der Waals surface area contributed by atoms with Gasteiger partial charge in [-0.2, -0.15) is 5.10 Å². The molecule has 0 atom stereocenters. The summed E-state index contributed by atoms with van der Waals surface area (Å²) in [5.74, 6) is -0.0875. The van der Waals surface area contributed by atoms with Crippen molar-refractivity contribution in [3.8, 4) is 5.69 Å². The van der Waals surface area contributed by atoms with E-state index in [1.165, 1.54) is 6.33 Å². The van der Waals surface area contributed by atoms with Crippen LogP contribution in [0.2, 0.25) is 5.02 Å². The molecule has 2 aromatic rings. The Morgan fingerprint density at radius 3 is 3.00 bits per heavy atom. The van der Waals surface area contributed by atoms with Gasteiger partial charge in [0.2, 0.25) is 5.91 Å². The fourth-order valence-electron chi connectivity index (χ4n) is 1.44. The van der Waals surface area contributed by atoms with E-state index in [0.29, 0.717) is 22.5 Å². The third-order valence-corrected chi connectivity index (χ3v) is 2.85. The van der Waals surface area contributed by atoms with E-state index in [9.17, 15) is 4.79 Å². The van der Waals surface area contributed by atoms with Gasteiger partial charge >= 0.3 is 0 Å². The number of anilines is 1. The monoisotopic (exact) mass is 328 g/mol. The average molecular weight is 330 g/mol. The smallest absolute Gasteiger partial charge is 0.225 e.